The standard InChI is InChI=1S/C51H32N4S/c1-4-13-33(14-5-1)34-23-27-39(28-24-34)55-44-21-11-10-19-41(44)43-31-37(26-30-45(43)55)40-20-12-22-46-48(40)42-29-25-38(32-47(42)56-46)51-53-49(35-15-6-2-7-16-35)52-50(54-51)36-17-8-3-9-18-36/h1-32H. The molecule has 0 spiro atoms. The van der Waals surface area contributed by atoms with Crippen LogP contribution in [0.5, 0.6) is 0 Å². The van der Waals surface area contributed by atoms with Crippen molar-refractivity contribution in [2.45, 2.75) is 0 Å². The van der Waals surface area contributed by atoms with Gasteiger partial charge in [-0.05, 0) is 64.7 Å². The Morgan fingerprint density at radius 3 is 1.59 bits per heavy atom. The second-order valence-corrected chi connectivity index (χ2v) is 15.1. The highest BCUT2D eigenvalue weighted by Gasteiger charge is 2.18. The fourth-order valence-corrected chi connectivity index (χ4v) is 9.17. The number of rotatable bonds is 6. The average molecular weight is 733 g/mol. The van der Waals surface area contributed by atoms with Gasteiger partial charge in [0.15, 0.2) is 17.5 Å². The maximum absolute atomic E-state index is 5.00. The molecule has 56 heavy (non-hydrogen) atoms. The van der Waals surface area contributed by atoms with Crippen molar-refractivity contribution in [3.63, 3.8) is 0 Å². The number of hydrogen-bond acceptors (Lipinski definition) is 4. The first-order chi connectivity index (χ1) is 27.7. The van der Waals surface area contributed by atoms with Crippen molar-refractivity contribution < 1.29 is 0 Å². The third-order valence-electron chi connectivity index (χ3n) is 10.7. The van der Waals surface area contributed by atoms with Crippen LogP contribution in [0.3, 0.4) is 0 Å². The van der Waals surface area contributed by atoms with Crippen LogP contribution in [0.15, 0.2) is 194 Å². The first kappa shape index (κ1) is 32.2. The minimum Gasteiger partial charge on any atom is -0.309 e. The summed E-state index contributed by atoms with van der Waals surface area (Å²) in [7, 11) is 0. The van der Waals surface area contributed by atoms with Crippen LogP contribution in [0, 0.1) is 0 Å². The zero-order valence-electron chi connectivity index (χ0n) is 30.2. The summed E-state index contributed by atoms with van der Waals surface area (Å²) >= 11 is 1.81. The van der Waals surface area contributed by atoms with Crippen molar-refractivity contribution >= 4 is 53.3 Å². The molecule has 0 bridgehead atoms. The van der Waals surface area contributed by atoms with E-state index in [2.05, 4.69) is 138 Å². The van der Waals surface area contributed by atoms with Crippen molar-refractivity contribution in [1.29, 1.82) is 0 Å². The molecule has 0 aliphatic heterocycles. The van der Waals surface area contributed by atoms with E-state index in [1.807, 2.05) is 72.0 Å². The summed E-state index contributed by atoms with van der Waals surface area (Å²) in [5.41, 5.74) is 11.3. The third-order valence-corrected chi connectivity index (χ3v) is 11.8. The molecule has 262 valence electrons. The minimum atomic E-state index is 0.661. The van der Waals surface area contributed by atoms with E-state index in [9.17, 15) is 0 Å². The predicted molar refractivity (Wildman–Crippen MR) is 234 cm³/mol. The number of hydrogen-bond donors (Lipinski definition) is 0. The van der Waals surface area contributed by atoms with Gasteiger partial charge in [0.05, 0.1) is 11.0 Å². The van der Waals surface area contributed by atoms with Crippen molar-refractivity contribution in [3.8, 4) is 62.1 Å². The van der Waals surface area contributed by atoms with Crippen molar-refractivity contribution in [3.05, 3.63) is 194 Å². The number of fused-ring (bicyclic) bond motifs is 6. The fraction of sp³-hybridized carbons (Fsp3) is 0. The first-order valence-electron chi connectivity index (χ1n) is 18.8. The smallest absolute Gasteiger partial charge is 0.164 e. The summed E-state index contributed by atoms with van der Waals surface area (Å²) in [6.45, 7) is 0. The molecule has 11 aromatic rings. The van der Waals surface area contributed by atoms with Gasteiger partial charge in [-0.15, -0.1) is 11.3 Å². The Morgan fingerprint density at radius 1 is 0.339 bits per heavy atom. The monoisotopic (exact) mass is 732 g/mol. The lowest BCUT2D eigenvalue weighted by atomic mass is 9.97. The van der Waals surface area contributed by atoms with E-state index in [1.54, 1.807) is 0 Å². The number of benzene rings is 8. The van der Waals surface area contributed by atoms with E-state index in [0.29, 0.717) is 17.5 Å². The molecular weight excluding hydrogens is 701 g/mol. The highest BCUT2D eigenvalue weighted by atomic mass is 32.1. The van der Waals surface area contributed by atoms with E-state index in [0.717, 1.165) is 22.4 Å². The summed E-state index contributed by atoms with van der Waals surface area (Å²) in [6, 6.07) is 68.7. The summed E-state index contributed by atoms with van der Waals surface area (Å²) in [5, 5.41) is 4.98. The summed E-state index contributed by atoms with van der Waals surface area (Å²) < 4.78 is 4.84. The number of nitrogens with zero attached hydrogens (tertiary/aromatic N) is 4. The fourth-order valence-electron chi connectivity index (χ4n) is 8.00. The lowest BCUT2D eigenvalue weighted by molar-refractivity contribution is 1.07. The molecule has 0 N–H and O–H groups in total. The summed E-state index contributed by atoms with van der Waals surface area (Å²) in [5.74, 6) is 1.98. The van der Waals surface area contributed by atoms with Gasteiger partial charge in [0, 0.05) is 53.3 Å². The zero-order valence-corrected chi connectivity index (χ0v) is 31.0. The van der Waals surface area contributed by atoms with Crippen molar-refractivity contribution in [1.82, 2.24) is 19.5 Å². The normalized spacial score (nSPS) is 11.6. The van der Waals surface area contributed by atoms with Gasteiger partial charge in [-0.25, -0.2) is 15.0 Å². The molecule has 0 saturated heterocycles. The van der Waals surface area contributed by atoms with Gasteiger partial charge in [0.1, 0.15) is 0 Å². The van der Waals surface area contributed by atoms with Gasteiger partial charge in [-0.1, -0.05) is 152 Å². The molecule has 0 unspecified atom stereocenters. The Kier molecular flexibility index (Phi) is 7.64. The SMILES string of the molecule is c1ccc(-c2ccc(-n3c4ccccc4c4cc(-c5cccc6sc7cc(-c8nc(-c9ccccc9)nc(-c9ccccc9)n8)ccc7c56)ccc43)cc2)cc1. The summed E-state index contributed by atoms with van der Waals surface area (Å²) in [6.07, 6.45) is 0. The van der Waals surface area contributed by atoms with Crippen LogP contribution in [0.25, 0.3) is 104 Å². The van der Waals surface area contributed by atoms with Gasteiger partial charge < -0.3 is 4.57 Å². The Balaban J connectivity index is 1.02. The molecule has 0 fully saturated rings. The van der Waals surface area contributed by atoms with E-state index in [4.69, 9.17) is 15.0 Å². The molecule has 4 nitrogen and oxygen atoms in total. The molecule has 0 saturated carbocycles. The van der Waals surface area contributed by atoms with Crippen molar-refractivity contribution in [2.75, 3.05) is 0 Å². The highest BCUT2D eigenvalue weighted by molar-refractivity contribution is 7.26. The van der Waals surface area contributed by atoms with Gasteiger partial charge >= 0.3 is 0 Å². The van der Waals surface area contributed by atoms with Crippen LogP contribution in [0.1, 0.15) is 0 Å². The topological polar surface area (TPSA) is 43.6 Å². The molecule has 0 aliphatic rings. The van der Waals surface area contributed by atoms with Crippen LogP contribution in [-0.4, -0.2) is 19.5 Å². The van der Waals surface area contributed by atoms with Gasteiger partial charge in [-0.2, -0.15) is 0 Å². The van der Waals surface area contributed by atoms with Crippen LogP contribution in [-0.2, 0) is 0 Å². The Morgan fingerprint density at radius 2 is 0.893 bits per heavy atom. The molecule has 8 aromatic carbocycles. The van der Waals surface area contributed by atoms with Crippen LogP contribution < -0.4 is 0 Å². The van der Waals surface area contributed by atoms with Crippen LogP contribution in [0.2, 0.25) is 0 Å². The third kappa shape index (κ3) is 5.48. The number of thiophene rings is 1. The van der Waals surface area contributed by atoms with Gasteiger partial charge in [-0.3, -0.25) is 0 Å². The van der Waals surface area contributed by atoms with E-state index in [1.165, 1.54) is 64.2 Å². The maximum Gasteiger partial charge on any atom is 0.164 e. The molecule has 3 heterocycles. The number of para-hydroxylation sites is 1. The molecule has 0 radical (unpaired) electrons. The second-order valence-electron chi connectivity index (χ2n) is 14.0. The van der Waals surface area contributed by atoms with Crippen LogP contribution in [0.4, 0.5) is 0 Å². The molecule has 3 aromatic heterocycles. The molecule has 5 heteroatoms. The van der Waals surface area contributed by atoms with E-state index < -0.39 is 0 Å². The lowest BCUT2D eigenvalue weighted by Crippen LogP contribution is -1.99. The number of aromatic nitrogens is 4. The summed E-state index contributed by atoms with van der Waals surface area (Å²) in [4.78, 5) is 14.9. The van der Waals surface area contributed by atoms with E-state index >= 15 is 0 Å². The Bertz CT molecular complexity index is 3160. The Hall–Kier alpha value is -7.21. The second kappa shape index (κ2) is 13.3. The zero-order chi connectivity index (χ0) is 37.0. The molecular formula is C51H32N4S. The highest BCUT2D eigenvalue weighted by Crippen LogP contribution is 2.43. The Labute approximate surface area is 327 Å². The molecule has 0 aliphatic carbocycles. The quantitative estimate of drug-likeness (QED) is 0.171. The first-order valence-corrected chi connectivity index (χ1v) is 19.6. The predicted octanol–water partition coefficient (Wildman–Crippen LogP) is 13.7. The molecule has 0 atom stereocenters. The van der Waals surface area contributed by atoms with Gasteiger partial charge in [0.25, 0.3) is 0 Å². The van der Waals surface area contributed by atoms with Gasteiger partial charge in [0.2, 0.25) is 0 Å². The molecule has 11 rings (SSSR count). The minimum absolute atomic E-state index is 0.661. The lowest BCUT2D eigenvalue weighted by Gasteiger charge is -2.10. The largest absolute Gasteiger partial charge is 0.309 e. The maximum atomic E-state index is 5.00. The average Bonchev–Trinajstić information content (AvgIpc) is 3.82. The van der Waals surface area contributed by atoms with Crippen molar-refractivity contribution in [2.24, 2.45) is 0 Å². The van der Waals surface area contributed by atoms with E-state index in [-0.39, 0.29) is 0 Å². The van der Waals surface area contributed by atoms with Crippen LogP contribution >= 0.6 is 11.3 Å². The molecule has 0 amide bonds.